The van der Waals surface area contributed by atoms with E-state index >= 15 is 0 Å². The molecule has 3 aromatic rings. The Morgan fingerprint density at radius 3 is 2.89 bits per heavy atom. The molecule has 7 heteroatoms. The van der Waals surface area contributed by atoms with Crippen molar-refractivity contribution in [2.75, 3.05) is 0 Å². The van der Waals surface area contributed by atoms with E-state index in [1.807, 2.05) is 30.9 Å². The summed E-state index contributed by atoms with van der Waals surface area (Å²) in [6, 6.07) is 4.10. The molecule has 3 rings (SSSR count). The lowest BCUT2D eigenvalue weighted by molar-refractivity contribution is 0.756. The molecule has 0 radical (unpaired) electrons. The van der Waals surface area contributed by atoms with Crippen molar-refractivity contribution in [1.29, 1.82) is 0 Å². The molecule has 1 N–H and O–H groups in total. The number of hydrogen-bond acceptors (Lipinski definition) is 4. The Bertz CT molecular complexity index is 763. The van der Waals surface area contributed by atoms with Crippen LogP contribution in [-0.4, -0.2) is 24.5 Å². The van der Waals surface area contributed by atoms with Gasteiger partial charge < -0.3 is 0 Å². The summed E-state index contributed by atoms with van der Waals surface area (Å²) in [5.41, 5.74) is 1.96. The fraction of sp³-hybridized carbons (Fsp3) is 0.250. The van der Waals surface area contributed by atoms with Crippen molar-refractivity contribution < 1.29 is 0 Å². The number of aryl methyl sites for hydroxylation is 2. The van der Waals surface area contributed by atoms with E-state index in [0.717, 1.165) is 21.0 Å². The highest BCUT2D eigenvalue weighted by molar-refractivity contribution is 7.15. The third-order valence-electron chi connectivity index (χ3n) is 2.88. The molecule has 0 aliphatic rings. The van der Waals surface area contributed by atoms with Gasteiger partial charge in [-0.2, -0.15) is 10.2 Å². The SMILES string of the molecule is Cc1nn(C)cc1-c1ccc(Cn2cn[nH]c2=O)s1. The van der Waals surface area contributed by atoms with Crippen molar-refractivity contribution in [3.63, 3.8) is 0 Å². The number of hydrogen-bond donors (Lipinski definition) is 1. The molecule has 0 saturated carbocycles. The van der Waals surface area contributed by atoms with E-state index in [0.29, 0.717) is 6.54 Å². The summed E-state index contributed by atoms with van der Waals surface area (Å²) >= 11 is 1.67. The van der Waals surface area contributed by atoms with Crippen LogP contribution in [0.3, 0.4) is 0 Å². The van der Waals surface area contributed by atoms with Crippen molar-refractivity contribution in [2.24, 2.45) is 7.05 Å². The Morgan fingerprint density at radius 1 is 1.42 bits per heavy atom. The van der Waals surface area contributed by atoms with E-state index in [1.165, 1.54) is 6.33 Å². The highest BCUT2D eigenvalue weighted by Gasteiger charge is 2.09. The number of thiophene rings is 1. The number of aromatic amines is 1. The molecule has 0 saturated heterocycles. The molecule has 0 aromatic carbocycles. The van der Waals surface area contributed by atoms with Crippen LogP contribution < -0.4 is 5.69 Å². The summed E-state index contributed by atoms with van der Waals surface area (Å²) in [6.07, 6.45) is 3.52. The molecular formula is C12H13N5OS. The predicted octanol–water partition coefficient (Wildman–Crippen LogP) is 1.39. The van der Waals surface area contributed by atoms with Crippen LogP contribution in [0.5, 0.6) is 0 Å². The van der Waals surface area contributed by atoms with Crippen molar-refractivity contribution in [3.05, 3.63) is 45.7 Å². The zero-order valence-corrected chi connectivity index (χ0v) is 11.4. The second-order valence-corrected chi connectivity index (χ2v) is 5.53. The van der Waals surface area contributed by atoms with E-state index in [1.54, 1.807) is 15.9 Å². The van der Waals surface area contributed by atoms with E-state index in [-0.39, 0.29) is 5.69 Å². The first kappa shape index (κ1) is 11.9. The minimum atomic E-state index is -0.187. The standard InChI is InChI=1S/C12H13N5OS/c1-8-10(6-16(2)15-8)11-4-3-9(19-11)5-17-7-13-14-12(17)18/h3-4,6-7H,5H2,1-2H3,(H,14,18). The number of aromatic nitrogens is 5. The van der Waals surface area contributed by atoms with Gasteiger partial charge in [0.25, 0.3) is 0 Å². The Morgan fingerprint density at radius 2 is 2.26 bits per heavy atom. The second kappa shape index (κ2) is 4.51. The molecule has 0 aliphatic carbocycles. The molecule has 0 amide bonds. The summed E-state index contributed by atoms with van der Waals surface area (Å²) in [5.74, 6) is 0. The summed E-state index contributed by atoms with van der Waals surface area (Å²) in [5, 5.41) is 10.4. The first-order valence-electron chi connectivity index (χ1n) is 5.82. The van der Waals surface area contributed by atoms with Gasteiger partial charge in [-0.05, 0) is 19.1 Å². The number of H-pyrrole nitrogens is 1. The maximum absolute atomic E-state index is 11.4. The van der Waals surface area contributed by atoms with Gasteiger partial charge in [0.1, 0.15) is 6.33 Å². The lowest BCUT2D eigenvalue weighted by Gasteiger charge is -1.96. The van der Waals surface area contributed by atoms with Gasteiger partial charge in [0.05, 0.1) is 12.2 Å². The summed E-state index contributed by atoms with van der Waals surface area (Å²) in [7, 11) is 1.91. The van der Waals surface area contributed by atoms with Gasteiger partial charge in [-0.15, -0.1) is 11.3 Å². The van der Waals surface area contributed by atoms with Crippen LogP contribution in [0.4, 0.5) is 0 Å². The van der Waals surface area contributed by atoms with Gasteiger partial charge in [-0.1, -0.05) is 0 Å². The smallest absolute Gasteiger partial charge is 0.276 e. The monoisotopic (exact) mass is 275 g/mol. The third-order valence-corrected chi connectivity index (χ3v) is 3.99. The van der Waals surface area contributed by atoms with Gasteiger partial charge in [0.2, 0.25) is 0 Å². The molecule has 6 nitrogen and oxygen atoms in total. The van der Waals surface area contributed by atoms with Crippen LogP contribution >= 0.6 is 11.3 Å². The summed E-state index contributed by atoms with van der Waals surface area (Å²) < 4.78 is 3.36. The maximum atomic E-state index is 11.4. The fourth-order valence-corrected chi connectivity index (χ4v) is 3.07. The third kappa shape index (κ3) is 2.24. The predicted molar refractivity (Wildman–Crippen MR) is 73.2 cm³/mol. The first-order chi connectivity index (χ1) is 9.13. The van der Waals surface area contributed by atoms with E-state index in [9.17, 15) is 4.79 Å². The summed E-state index contributed by atoms with van der Waals surface area (Å²) in [6.45, 7) is 2.54. The normalized spacial score (nSPS) is 11.1. The van der Waals surface area contributed by atoms with Gasteiger partial charge in [0, 0.05) is 28.6 Å². The molecule has 0 bridgehead atoms. The molecule has 0 spiro atoms. The van der Waals surface area contributed by atoms with Gasteiger partial charge in [0.15, 0.2) is 0 Å². The second-order valence-electron chi connectivity index (χ2n) is 4.36. The van der Waals surface area contributed by atoms with Crippen LogP contribution in [0.1, 0.15) is 10.6 Å². The van der Waals surface area contributed by atoms with Crippen LogP contribution in [0.15, 0.2) is 29.5 Å². The Balaban J connectivity index is 1.90. The van der Waals surface area contributed by atoms with Crippen LogP contribution in [0, 0.1) is 6.92 Å². The zero-order valence-electron chi connectivity index (χ0n) is 10.6. The molecule has 98 valence electrons. The van der Waals surface area contributed by atoms with Gasteiger partial charge >= 0.3 is 5.69 Å². The summed E-state index contributed by atoms with van der Waals surface area (Å²) in [4.78, 5) is 13.7. The lowest BCUT2D eigenvalue weighted by atomic mass is 10.2. The highest BCUT2D eigenvalue weighted by atomic mass is 32.1. The lowest BCUT2D eigenvalue weighted by Crippen LogP contribution is -2.16. The minimum absolute atomic E-state index is 0.187. The van der Waals surface area contributed by atoms with Crippen molar-refractivity contribution in [2.45, 2.75) is 13.5 Å². The van der Waals surface area contributed by atoms with Crippen LogP contribution in [-0.2, 0) is 13.6 Å². The van der Waals surface area contributed by atoms with Gasteiger partial charge in [-0.25, -0.2) is 9.89 Å². The van der Waals surface area contributed by atoms with E-state index in [4.69, 9.17) is 0 Å². The molecule has 19 heavy (non-hydrogen) atoms. The Hall–Kier alpha value is -2.15. The number of rotatable bonds is 3. The zero-order chi connectivity index (χ0) is 13.4. The molecular weight excluding hydrogens is 262 g/mol. The Labute approximate surface area is 113 Å². The highest BCUT2D eigenvalue weighted by Crippen LogP contribution is 2.30. The minimum Gasteiger partial charge on any atom is -0.276 e. The number of nitrogens with one attached hydrogen (secondary N) is 1. The number of nitrogens with zero attached hydrogens (tertiary/aromatic N) is 4. The van der Waals surface area contributed by atoms with Crippen molar-refractivity contribution in [1.82, 2.24) is 24.5 Å². The quantitative estimate of drug-likeness (QED) is 0.785. The molecule has 3 heterocycles. The van der Waals surface area contributed by atoms with Crippen molar-refractivity contribution in [3.8, 4) is 10.4 Å². The van der Waals surface area contributed by atoms with E-state index < -0.39 is 0 Å². The maximum Gasteiger partial charge on any atom is 0.343 e. The van der Waals surface area contributed by atoms with Crippen LogP contribution in [0.25, 0.3) is 10.4 Å². The first-order valence-corrected chi connectivity index (χ1v) is 6.64. The molecule has 3 aromatic heterocycles. The molecule has 0 fully saturated rings. The largest absolute Gasteiger partial charge is 0.343 e. The van der Waals surface area contributed by atoms with Crippen molar-refractivity contribution >= 4 is 11.3 Å². The topological polar surface area (TPSA) is 68.5 Å². The average Bonchev–Trinajstić information content (AvgIpc) is 3.03. The average molecular weight is 275 g/mol. The molecule has 0 unspecified atom stereocenters. The molecule has 0 aliphatic heterocycles. The van der Waals surface area contributed by atoms with Gasteiger partial charge in [-0.3, -0.25) is 9.25 Å². The molecule has 0 atom stereocenters. The van der Waals surface area contributed by atoms with Crippen LogP contribution in [0.2, 0.25) is 0 Å². The fourth-order valence-electron chi connectivity index (χ4n) is 2.00. The van der Waals surface area contributed by atoms with E-state index in [2.05, 4.69) is 21.4 Å². The Kier molecular flexibility index (Phi) is 2.83.